The molecular formula is C9H16N2O3. The highest BCUT2D eigenvalue weighted by molar-refractivity contribution is 5.67. The molecule has 0 saturated carbocycles. The molecule has 0 aromatic carbocycles. The predicted octanol–water partition coefficient (Wildman–Crippen LogP) is 1.49. The highest BCUT2D eigenvalue weighted by Crippen LogP contribution is 2.28. The number of hydrogen-bond acceptors (Lipinski definition) is 3. The third-order valence-corrected chi connectivity index (χ3v) is 2.95. The van der Waals surface area contributed by atoms with E-state index >= 15 is 0 Å². The van der Waals surface area contributed by atoms with Crippen LogP contribution in [0.15, 0.2) is 5.29 Å². The molecule has 0 aromatic heterocycles. The highest BCUT2D eigenvalue weighted by Gasteiger charge is 2.29. The molecular weight excluding hydrogens is 184 g/mol. The second kappa shape index (κ2) is 4.93. The number of rotatable bonds is 4. The van der Waals surface area contributed by atoms with E-state index in [-0.39, 0.29) is 18.3 Å². The maximum Gasteiger partial charge on any atom is 0.303 e. The largest absolute Gasteiger partial charge is 0.481 e. The lowest BCUT2D eigenvalue weighted by Gasteiger charge is -2.34. The van der Waals surface area contributed by atoms with Crippen LogP contribution in [0, 0.1) is 16.7 Å². The topological polar surface area (TPSA) is 70.0 Å². The molecule has 0 aromatic rings. The minimum Gasteiger partial charge on any atom is -0.481 e. The quantitative estimate of drug-likeness (QED) is 0.698. The molecule has 0 aliphatic carbocycles. The van der Waals surface area contributed by atoms with E-state index in [1.54, 1.807) is 0 Å². The van der Waals surface area contributed by atoms with Gasteiger partial charge in [0.15, 0.2) is 0 Å². The number of carboxylic acid groups (broad SMARTS) is 1. The lowest BCUT2D eigenvalue weighted by Crippen LogP contribution is -2.37. The number of nitroso groups, excluding NO2 is 1. The summed E-state index contributed by atoms with van der Waals surface area (Å²) in [5.41, 5.74) is 0. The number of hydrogen-bond donors (Lipinski definition) is 1. The molecule has 1 fully saturated rings. The van der Waals surface area contributed by atoms with Gasteiger partial charge in [0, 0.05) is 19.5 Å². The van der Waals surface area contributed by atoms with Gasteiger partial charge in [-0.25, -0.2) is 0 Å². The van der Waals surface area contributed by atoms with Crippen molar-refractivity contribution in [2.24, 2.45) is 17.1 Å². The van der Waals surface area contributed by atoms with E-state index in [9.17, 15) is 9.70 Å². The second-order valence-corrected chi connectivity index (χ2v) is 3.81. The number of carbonyl (C=O) groups is 1. The smallest absolute Gasteiger partial charge is 0.303 e. The van der Waals surface area contributed by atoms with E-state index in [1.165, 1.54) is 5.01 Å². The number of piperidine rings is 1. The van der Waals surface area contributed by atoms with Crippen molar-refractivity contribution in [3.8, 4) is 0 Å². The van der Waals surface area contributed by atoms with E-state index in [1.807, 2.05) is 6.92 Å². The SMILES string of the molecule is CCC1CN(N=O)CCC1CC(=O)O. The molecule has 5 heteroatoms. The Bertz CT molecular complexity index is 220. The molecule has 2 atom stereocenters. The molecule has 1 aliphatic rings. The van der Waals surface area contributed by atoms with Crippen LogP contribution in [0.1, 0.15) is 26.2 Å². The van der Waals surface area contributed by atoms with Crippen LogP contribution in [0.4, 0.5) is 0 Å². The van der Waals surface area contributed by atoms with Gasteiger partial charge in [0.1, 0.15) is 0 Å². The molecule has 1 aliphatic heterocycles. The Hall–Kier alpha value is -1.13. The number of nitrogens with zero attached hydrogens (tertiary/aromatic N) is 2. The molecule has 0 amide bonds. The summed E-state index contributed by atoms with van der Waals surface area (Å²) in [7, 11) is 0. The molecule has 1 heterocycles. The molecule has 2 unspecified atom stereocenters. The zero-order chi connectivity index (χ0) is 10.6. The van der Waals surface area contributed by atoms with Gasteiger partial charge < -0.3 is 5.11 Å². The van der Waals surface area contributed by atoms with Crippen molar-refractivity contribution in [1.29, 1.82) is 0 Å². The lowest BCUT2D eigenvalue weighted by molar-refractivity contribution is -0.139. The number of carboxylic acids is 1. The third-order valence-electron chi connectivity index (χ3n) is 2.95. The van der Waals surface area contributed by atoms with Crippen LogP contribution in [0.2, 0.25) is 0 Å². The molecule has 0 spiro atoms. The first-order chi connectivity index (χ1) is 6.67. The minimum atomic E-state index is -0.749. The second-order valence-electron chi connectivity index (χ2n) is 3.81. The Morgan fingerprint density at radius 2 is 2.29 bits per heavy atom. The van der Waals surface area contributed by atoms with Crippen molar-refractivity contribution in [2.45, 2.75) is 26.2 Å². The standard InChI is InChI=1S/C9H16N2O3/c1-2-7-6-11(10-14)4-3-8(7)5-9(12)13/h7-8H,2-6H2,1H3,(H,12,13). The van der Waals surface area contributed by atoms with Crippen LogP contribution >= 0.6 is 0 Å². The molecule has 1 N–H and O–H groups in total. The molecule has 0 radical (unpaired) electrons. The summed E-state index contributed by atoms with van der Waals surface area (Å²) in [5, 5.41) is 13.1. The zero-order valence-electron chi connectivity index (χ0n) is 8.35. The lowest BCUT2D eigenvalue weighted by atomic mass is 9.82. The van der Waals surface area contributed by atoms with Crippen LogP contribution in [0.25, 0.3) is 0 Å². The first-order valence-corrected chi connectivity index (χ1v) is 4.97. The molecule has 1 rings (SSSR count). The van der Waals surface area contributed by atoms with Gasteiger partial charge in [-0.3, -0.25) is 9.80 Å². The summed E-state index contributed by atoms with van der Waals surface area (Å²) in [4.78, 5) is 20.9. The third kappa shape index (κ3) is 2.68. The molecule has 14 heavy (non-hydrogen) atoms. The molecule has 80 valence electrons. The van der Waals surface area contributed by atoms with Gasteiger partial charge in [0.05, 0.1) is 5.29 Å². The summed E-state index contributed by atoms with van der Waals surface area (Å²) in [5.74, 6) is -0.256. The Labute approximate surface area is 83.0 Å². The predicted molar refractivity (Wildman–Crippen MR) is 51.5 cm³/mol. The Kier molecular flexibility index (Phi) is 3.85. The summed E-state index contributed by atoms with van der Waals surface area (Å²) in [6, 6.07) is 0. The van der Waals surface area contributed by atoms with Gasteiger partial charge in [-0.1, -0.05) is 13.3 Å². The van der Waals surface area contributed by atoms with E-state index in [0.717, 1.165) is 12.8 Å². The average Bonchev–Trinajstić information content (AvgIpc) is 2.17. The fourth-order valence-electron chi connectivity index (χ4n) is 2.09. The average molecular weight is 200 g/mol. The maximum absolute atomic E-state index is 10.6. The summed E-state index contributed by atoms with van der Waals surface area (Å²) in [6.45, 7) is 3.23. The minimum absolute atomic E-state index is 0.204. The molecule has 0 bridgehead atoms. The monoisotopic (exact) mass is 200 g/mol. The first kappa shape index (κ1) is 10.9. The fourth-order valence-corrected chi connectivity index (χ4v) is 2.09. The summed E-state index contributed by atoms with van der Waals surface area (Å²) < 4.78 is 0. The van der Waals surface area contributed by atoms with E-state index in [2.05, 4.69) is 5.29 Å². The van der Waals surface area contributed by atoms with Gasteiger partial charge >= 0.3 is 5.97 Å². The van der Waals surface area contributed by atoms with Crippen molar-refractivity contribution in [3.63, 3.8) is 0 Å². The van der Waals surface area contributed by atoms with Gasteiger partial charge in [0.25, 0.3) is 0 Å². The van der Waals surface area contributed by atoms with Gasteiger partial charge in [-0.2, -0.15) is 0 Å². The van der Waals surface area contributed by atoms with E-state index in [0.29, 0.717) is 13.1 Å². The van der Waals surface area contributed by atoms with Crippen molar-refractivity contribution in [1.82, 2.24) is 5.01 Å². The maximum atomic E-state index is 10.6. The summed E-state index contributed by atoms with van der Waals surface area (Å²) in [6.07, 6.45) is 1.88. The molecule has 1 saturated heterocycles. The van der Waals surface area contributed by atoms with Crippen molar-refractivity contribution in [3.05, 3.63) is 4.91 Å². The first-order valence-electron chi connectivity index (χ1n) is 4.97. The van der Waals surface area contributed by atoms with Crippen LogP contribution in [0.3, 0.4) is 0 Å². The zero-order valence-corrected chi connectivity index (χ0v) is 8.35. The van der Waals surface area contributed by atoms with Crippen LogP contribution in [0.5, 0.6) is 0 Å². The van der Waals surface area contributed by atoms with Crippen molar-refractivity contribution >= 4 is 5.97 Å². The van der Waals surface area contributed by atoms with Crippen LogP contribution in [-0.4, -0.2) is 29.2 Å². The van der Waals surface area contributed by atoms with E-state index < -0.39 is 5.97 Å². The normalized spacial score (nSPS) is 27.4. The van der Waals surface area contributed by atoms with Crippen molar-refractivity contribution in [2.75, 3.05) is 13.1 Å². The Balaban J connectivity index is 2.51. The Morgan fingerprint density at radius 3 is 2.79 bits per heavy atom. The number of aliphatic carboxylic acids is 1. The molecule has 5 nitrogen and oxygen atoms in total. The van der Waals surface area contributed by atoms with Gasteiger partial charge in [0.2, 0.25) is 0 Å². The Morgan fingerprint density at radius 1 is 1.57 bits per heavy atom. The fraction of sp³-hybridized carbons (Fsp3) is 0.889. The summed E-state index contributed by atoms with van der Waals surface area (Å²) >= 11 is 0. The van der Waals surface area contributed by atoms with Crippen LogP contribution < -0.4 is 0 Å². The van der Waals surface area contributed by atoms with E-state index in [4.69, 9.17) is 5.11 Å². The van der Waals surface area contributed by atoms with Gasteiger partial charge in [-0.15, -0.1) is 4.91 Å². The van der Waals surface area contributed by atoms with Crippen molar-refractivity contribution < 1.29 is 9.90 Å². The highest BCUT2D eigenvalue weighted by atomic mass is 16.4. The van der Waals surface area contributed by atoms with Crippen LogP contribution in [-0.2, 0) is 4.79 Å². The van der Waals surface area contributed by atoms with Gasteiger partial charge in [-0.05, 0) is 18.3 Å².